The zero-order valence-corrected chi connectivity index (χ0v) is 9.91. The predicted molar refractivity (Wildman–Crippen MR) is 57.6 cm³/mol. The minimum atomic E-state index is -1.06. The molecule has 0 amide bonds. The van der Waals surface area contributed by atoms with Crippen LogP contribution in [0.15, 0.2) is 0 Å². The van der Waals surface area contributed by atoms with Crippen molar-refractivity contribution in [3.05, 3.63) is 0 Å². The van der Waals surface area contributed by atoms with Crippen LogP contribution in [-0.2, 0) is 19.0 Å². The number of ether oxygens (including phenoxy) is 3. The molecule has 0 aliphatic carbocycles. The first-order valence-corrected chi connectivity index (χ1v) is 5.38. The molecular formula is C10H19NO6. The largest absolute Gasteiger partial charge is 0.480 e. The van der Waals surface area contributed by atoms with Crippen LogP contribution in [0.25, 0.3) is 0 Å². The molecule has 2 unspecified atom stereocenters. The number of carboxylic acids is 1. The van der Waals surface area contributed by atoms with Crippen LogP contribution in [0.2, 0.25) is 0 Å². The lowest BCUT2D eigenvalue weighted by Crippen LogP contribution is -2.61. The second-order valence-corrected chi connectivity index (χ2v) is 4.06. The molecule has 17 heavy (non-hydrogen) atoms. The number of hydrogen-bond acceptors (Lipinski definition) is 6. The molecule has 0 saturated carbocycles. The number of aliphatic carboxylic acids is 1. The predicted octanol–water partition coefficient (Wildman–Crippen LogP) is -1.42. The van der Waals surface area contributed by atoms with Crippen LogP contribution in [0.4, 0.5) is 0 Å². The Labute approximate surface area is 99.4 Å². The van der Waals surface area contributed by atoms with Crippen LogP contribution in [0.1, 0.15) is 6.92 Å². The van der Waals surface area contributed by atoms with Crippen LogP contribution in [0.5, 0.6) is 0 Å². The normalized spacial score (nSPS) is 38.0. The minimum Gasteiger partial charge on any atom is -0.480 e. The van der Waals surface area contributed by atoms with Gasteiger partial charge >= 0.3 is 5.97 Å². The summed E-state index contributed by atoms with van der Waals surface area (Å²) in [5.74, 6) is -1.06. The van der Waals surface area contributed by atoms with Crippen LogP contribution >= 0.6 is 0 Å². The number of carbonyl (C=O) groups is 1. The minimum absolute atomic E-state index is 0.0406. The molecule has 4 N–H and O–H groups in total. The smallest absolute Gasteiger partial charge is 0.329 e. The van der Waals surface area contributed by atoms with Gasteiger partial charge < -0.3 is 30.2 Å². The Kier molecular flexibility index (Phi) is 5.29. The highest BCUT2D eigenvalue weighted by Crippen LogP contribution is 2.22. The molecular weight excluding hydrogens is 230 g/mol. The summed E-state index contributed by atoms with van der Waals surface area (Å²) < 4.78 is 15.6. The average Bonchev–Trinajstić information content (AvgIpc) is 2.26. The standard InChI is InChI=1S/C10H19NO6/c1-5-8(11)9(14)10(15-2)6(17-5)3-16-4-7(12)13/h5-6,8-10,14H,3-4,11H2,1-2H3,(H,12,13)/t5-,6?,8?,9+,10+/m0/s1. The topological polar surface area (TPSA) is 111 Å². The lowest BCUT2D eigenvalue weighted by molar-refractivity contribution is -0.199. The van der Waals surface area contributed by atoms with Gasteiger partial charge in [-0.1, -0.05) is 0 Å². The fourth-order valence-corrected chi connectivity index (χ4v) is 1.85. The third-order valence-electron chi connectivity index (χ3n) is 2.81. The van der Waals surface area contributed by atoms with Gasteiger partial charge in [0.05, 0.1) is 18.8 Å². The van der Waals surface area contributed by atoms with E-state index in [1.165, 1.54) is 7.11 Å². The molecule has 1 aliphatic heterocycles. The Hall–Kier alpha value is -0.730. The van der Waals surface area contributed by atoms with E-state index in [4.69, 9.17) is 25.1 Å². The molecule has 7 nitrogen and oxygen atoms in total. The van der Waals surface area contributed by atoms with Crippen molar-refractivity contribution in [2.75, 3.05) is 20.3 Å². The molecule has 0 aromatic carbocycles. The Bertz CT molecular complexity index is 261. The molecule has 0 bridgehead atoms. The molecule has 0 spiro atoms. The third kappa shape index (κ3) is 3.62. The summed E-state index contributed by atoms with van der Waals surface area (Å²) in [4.78, 5) is 10.3. The van der Waals surface area contributed by atoms with E-state index in [0.29, 0.717) is 0 Å². The van der Waals surface area contributed by atoms with Gasteiger partial charge in [-0.2, -0.15) is 0 Å². The maximum Gasteiger partial charge on any atom is 0.329 e. The summed E-state index contributed by atoms with van der Waals surface area (Å²) in [7, 11) is 1.43. The highest BCUT2D eigenvalue weighted by atomic mass is 16.6. The fourth-order valence-electron chi connectivity index (χ4n) is 1.85. The van der Waals surface area contributed by atoms with Crippen LogP contribution in [-0.4, -0.2) is 67.0 Å². The van der Waals surface area contributed by atoms with E-state index in [9.17, 15) is 9.90 Å². The molecule has 0 radical (unpaired) electrons. The summed E-state index contributed by atoms with van der Waals surface area (Å²) in [5.41, 5.74) is 5.74. The summed E-state index contributed by atoms with van der Waals surface area (Å²) >= 11 is 0. The molecule has 5 atom stereocenters. The zero-order chi connectivity index (χ0) is 13.0. The molecule has 1 saturated heterocycles. The number of aliphatic hydroxyl groups excluding tert-OH is 1. The fraction of sp³-hybridized carbons (Fsp3) is 0.900. The first-order chi connectivity index (χ1) is 7.97. The maximum absolute atomic E-state index is 10.3. The number of aliphatic hydroxyl groups is 1. The van der Waals surface area contributed by atoms with E-state index >= 15 is 0 Å². The van der Waals surface area contributed by atoms with Crippen molar-refractivity contribution in [3.8, 4) is 0 Å². The van der Waals surface area contributed by atoms with Gasteiger partial charge in [0.1, 0.15) is 24.9 Å². The highest BCUT2D eigenvalue weighted by Gasteiger charge is 2.42. The van der Waals surface area contributed by atoms with Crippen molar-refractivity contribution in [1.29, 1.82) is 0 Å². The summed E-state index contributed by atoms with van der Waals surface area (Å²) in [5, 5.41) is 18.3. The lowest BCUT2D eigenvalue weighted by atomic mass is 9.94. The quantitative estimate of drug-likeness (QED) is 0.548. The van der Waals surface area contributed by atoms with Gasteiger partial charge in [0.15, 0.2) is 0 Å². The van der Waals surface area contributed by atoms with Crippen molar-refractivity contribution >= 4 is 5.97 Å². The molecule has 1 aliphatic rings. The van der Waals surface area contributed by atoms with Crippen molar-refractivity contribution in [1.82, 2.24) is 0 Å². The second-order valence-electron chi connectivity index (χ2n) is 4.06. The molecule has 100 valence electrons. The summed E-state index contributed by atoms with van der Waals surface area (Å²) in [6, 6.07) is -0.532. The van der Waals surface area contributed by atoms with Gasteiger partial charge in [-0.05, 0) is 6.92 Å². The van der Waals surface area contributed by atoms with Gasteiger partial charge in [0.2, 0.25) is 0 Å². The van der Waals surface area contributed by atoms with E-state index in [2.05, 4.69) is 0 Å². The molecule has 0 aromatic heterocycles. The Morgan fingerprint density at radius 1 is 1.53 bits per heavy atom. The van der Waals surface area contributed by atoms with Gasteiger partial charge in [0.25, 0.3) is 0 Å². The summed E-state index contributed by atoms with van der Waals surface area (Å²) in [6.45, 7) is 1.37. The highest BCUT2D eigenvalue weighted by molar-refractivity contribution is 5.67. The van der Waals surface area contributed by atoms with E-state index in [0.717, 1.165) is 0 Å². The zero-order valence-electron chi connectivity index (χ0n) is 9.91. The van der Waals surface area contributed by atoms with E-state index < -0.39 is 36.9 Å². The van der Waals surface area contributed by atoms with Gasteiger partial charge in [0, 0.05) is 7.11 Å². The van der Waals surface area contributed by atoms with Crippen molar-refractivity contribution in [2.24, 2.45) is 5.73 Å². The molecule has 1 rings (SSSR count). The SMILES string of the molecule is CO[C@@H]1C(COCC(=O)O)O[C@@H](C)C(N)[C@H]1O. The van der Waals surface area contributed by atoms with Crippen molar-refractivity contribution in [3.63, 3.8) is 0 Å². The van der Waals surface area contributed by atoms with Crippen molar-refractivity contribution in [2.45, 2.75) is 37.4 Å². The second kappa shape index (κ2) is 6.27. The number of carboxylic acid groups (broad SMARTS) is 1. The Balaban J connectivity index is 2.53. The van der Waals surface area contributed by atoms with Crippen LogP contribution in [0, 0.1) is 0 Å². The van der Waals surface area contributed by atoms with E-state index in [1.54, 1.807) is 6.92 Å². The monoisotopic (exact) mass is 249 g/mol. The molecule has 7 heteroatoms. The lowest BCUT2D eigenvalue weighted by Gasteiger charge is -2.41. The number of nitrogens with two attached hydrogens (primary N) is 1. The van der Waals surface area contributed by atoms with Gasteiger partial charge in [-0.3, -0.25) is 0 Å². The Morgan fingerprint density at radius 2 is 2.18 bits per heavy atom. The van der Waals surface area contributed by atoms with Gasteiger partial charge in [-0.15, -0.1) is 0 Å². The summed E-state index contributed by atoms with van der Waals surface area (Å²) in [6.07, 6.45) is -2.34. The number of rotatable bonds is 5. The Morgan fingerprint density at radius 3 is 2.71 bits per heavy atom. The molecule has 1 fully saturated rings. The van der Waals surface area contributed by atoms with Gasteiger partial charge in [-0.25, -0.2) is 4.79 Å². The average molecular weight is 249 g/mol. The molecule has 0 aromatic rings. The van der Waals surface area contributed by atoms with E-state index in [1.807, 2.05) is 0 Å². The van der Waals surface area contributed by atoms with Crippen LogP contribution < -0.4 is 5.73 Å². The first-order valence-electron chi connectivity index (χ1n) is 5.38. The van der Waals surface area contributed by atoms with Crippen LogP contribution in [0.3, 0.4) is 0 Å². The molecule has 1 heterocycles. The maximum atomic E-state index is 10.3. The third-order valence-corrected chi connectivity index (χ3v) is 2.81. The number of methoxy groups -OCH3 is 1. The van der Waals surface area contributed by atoms with Crippen molar-refractivity contribution < 1.29 is 29.2 Å². The first kappa shape index (κ1) is 14.3. The van der Waals surface area contributed by atoms with E-state index in [-0.39, 0.29) is 12.7 Å². The number of hydrogen-bond donors (Lipinski definition) is 3.